The van der Waals surface area contributed by atoms with E-state index in [1.807, 2.05) is 0 Å². The monoisotopic (exact) mass is 212 g/mol. The number of rotatable bonds is 3. The highest BCUT2D eigenvalue weighted by Crippen LogP contribution is 2.28. The van der Waals surface area contributed by atoms with Gasteiger partial charge in [0.25, 0.3) is 0 Å². The van der Waals surface area contributed by atoms with Gasteiger partial charge in [-0.1, -0.05) is 18.2 Å². The maximum atomic E-state index is 11.4. The van der Waals surface area contributed by atoms with Crippen molar-refractivity contribution in [2.45, 2.75) is 25.7 Å². The van der Waals surface area contributed by atoms with E-state index < -0.39 is 17.7 Å². The molecule has 1 aliphatic rings. The van der Waals surface area contributed by atoms with Crippen LogP contribution in [0.5, 0.6) is 0 Å². The van der Waals surface area contributed by atoms with Gasteiger partial charge in [0, 0.05) is 0 Å². The summed E-state index contributed by atoms with van der Waals surface area (Å²) >= 11 is 0. The Bertz CT molecular complexity index is 293. The molecule has 0 aromatic carbocycles. The van der Waals surface area contributed by atoms with Crippen LogP contribution < -0.4 is 0 Å². The lowest BCUT2D eigenvalue weighted by atomic mass is 9.93. The Kier molecular flexibility index (Phi) is 3.66. The molecule has 0 saturated heterocycles. The Morgan fingerprint density at radius 2 is 2.13 bits per heavy atom. The van der Waals surface area contributed by atoms with Gasteiger partial charge in [0.2, 0.25) is 5.79 Å². The molecule has 0 aromatic rings. The highest BCUT2D eigenvalue weighted by atomic mass is 16.6. The van der Waals surface area contributed by atoms with E-state index in [4.69, 9.17) is 4.74 Å². The van der Waals surface area contributed by atoms with Crippen molar-refractivity contribution in [3.63, 3.8) is 0 Å². The van der Waals surface area contributed by atoms with E-state index >= 15 is 0 Å². The van der Waals surface area contributed by atoms with Crippen LogP contribution in [0.2, 0.25) is 0 Å². The van der Waals surface area contributed by atoms with E-state index in [1.165, 1.54) is 13.2 Å². The molecule has 0 aromatic heterocycles. The average Bonchev–Trinajstić information content (AvgIpc) is 2.15. The lowest BCUT2D eigenvalue weighted by molar-refractivity contribution is -0.218. The maximum Gasteiger partial charge on any atom is 0.318 e. The van der Waals surface area contributed by atoms with Gasteiger partial charge in [0.1, 0.15) is 5.92 Å². The van der Waals surface area contributed by atoms with Crippen molar-refractivity contribution >= 4 is 5.97 Å². The standard InChI is InChI=1S/C11H16O4/c1-8(2)15-11(13)7-5-4-6-9(11)10(12)14-3/h4-9,13H,1-3H3. The van der Waals surface area contributed by atoms with Crippen molar-refractivity contribution in [3.05, 3.63) is 24.3 Å². The number of ether oxygens (including phenoxy) is 2. The predicted octanol–water partition coefficient (Wildman–Crippen LogP) is 1.02. The normalized spacial score (nSPS) is 29.5. The Hall–Kier alpha value is -1.13. The summed E-state index contributed by atoms with van der Waals surface area (Å²) in [7, 11) is 1.28. The van der Waals surface area contributed by atoms with E-state index in [1.54, 1.807) is 32.1 Å². The van der Waals surface area contributed by atoms with E-state index in [0.717, 1.165) is 0 Å². The van der Waals surface area contributed by atoms with Gasteiger partial charge in [-0.05, 0) is 19.9 Å². The lowest BCUT2D eigenvalue weighted by Gasteiger charge is -2.33. The molecule has 1 aliphatic carbocycles. The maximum absolute atomic E-state index is 11.4. The van der Waals surface area contributed by atoms with Crippen molar-refractivity contribution < 1.29 is 19.4 Å². The number of aliphatic hydroxyl groups is 1. The van der Waals surface area contributed by atoms with Crippen LogP contribution in [0.15, 0.2) is 24.3 Å². The summed E-state index contributed by atoms with van der Waals surface area (Å²) in [6.45, 7) is 3.58. The number of hydrogen-bond donors (Lipinski definition) is 1. The summed E-state index contributed by atoms with van der Waals surface area (Å²) in [6, 6.07) is 0. The summed E-state index contributed by atoms with van der Waals surface area (Å²) in [5, 5.41) is 10.1. The predicted molar refractivity (Wildman–Crippen MR) is 55.0 cm³/mol. The van der Waals surface area contributed by atoms with Gasteiger partial charge in [-0.15, -0.1) is 0 Å². The van der Waals surface area contributed by atoms with Crippen molar-refractivity contribution in [2.75, 3.05) is 7.11 Å². The Balaban J connectivity index is 2.88. The fourth-order valence-electron chi connectivity index (χ4n) is 1.47. The van der Waals surface area contributed by atoms with Crippen molar-refractivity contribution in [2.24, 2.45) is 5.92 Å². The molecule has 2 unspecified atom stereocenters. The van der Waals surface area contributed by atoms with Crippen LogP contribution in [0.1, 0.15) is 13.8 Å². The second-order valence-electron chi connectivity index (χ2n) is 3.66. The first-order valence-corrected chi connectivity index (χ1v) is 4.83. The molecule has 0 bridgehead atoms. The lowest BCUT2D eigenvalue weighted by Crippen LogP contribution is -2.45. The quantitative estimate of drug-likeness (QED) is 0.560. The summed E-state index contributed by atoms with van der Waals surface area (Å²) in [5.41, 5.74) is 0. The molecule has 84 valence electrons. The molecule has 2 atom stereocenters. The molecule has 0 radical (unpaired) electrons. The zero-order valence-corrected chi connectivity index (χ0v) is 9.14. The zero-order valence-electron chi connectivity index (χ0n) is 9.14. The zero-order chi connectivity index (χ0) is 11.5. The molecule has 0 heterocycles. The minimum Gasteiger partial charge on any atom is -0.468 e. The largest absolute Gasteiger partial charge is 0.468 e. The molecule has 0 aliphatic heterocycles. The SMILES string of the molecule is COC(=O)C1C=CC=CC1(O)OC(C)C. The van der Waals surface area contributed by atoms with Gasteiger partial charge in [-0.3, -0.25) is 4.79 Å². The highest BCUT2D eigenvalue weighted by molar-refractivity contribution is 5.76. The molecule has 0 fully saturated rings. The molecule has 1 N–H and O–H groups in total. The van der Waals surface area contributed by atoms with Crippen LogP contribution >= 0.6 is 0 Å². The number of carbonyl (C=O) groups excluding carboxylic acids is 1. The average molecular weight is 212 g/mol. The molecule has 4 heteroatoms. The van der Waals surface area contributed by atoms with Gasteiger partial charge in [-0.25, -0.2) is 0 Å². The van der Waals surface area contributed by atoms with Gasteiger partial charge >= 0.3 is 5.97 Å². The number of hydrogen-bond acceptors (Lipinski definition) is 4. The van der Waals surface area contributed by atoms with Crippen LogP contribution in [-0.2, 0) is 14.3 Å². The second kappa shape index (κ2) is 4.59. The molecular formula is C11H16O4. The smallest absolute Gasteiger partial charge is 0.318 e. The van der Waals surface area contributed by atoms with E-state index in [9.17, 15) is 9.90 Å². The van der Waals surface area contributed by atoms with Gasteiger partial charge in [-0.2, -0.15) is 0 Å². The first kappa shape index (κ1) is 11.9. The summed E-state index contributed by atoms with van der Waals surface area (Å²) < 4.78 is 9.93. The first-order chi connectivity index (χ1) is 6.99. The fraction of sp³-hybridized carbons (Fsp3) is 0.545. The molecule has 0 amide bonds. The third kappa shape index (κ3) is 2.67. The topological polar surface area (TPSA) is 55.8 Å². The van der Waals surface area contributed by atoms with Gasteiger partial charge in [0.15, 0.2) is 0 Å². The van der Waals surface area contributed by atoms with Crippen LogP contribution in [0.4, 0.5) is 0 Å². The van der Waals surface area contributed by atoms with Crippen molar-refractivity contribution in [1.82, 2.24) is 0 Å². The third-order valence-corrected chi connectivity index (χ3v) is 2.07. The molecule has 1 rings (SSSR count). The fourth-order valence-corrected chi connectivity index (χ4v) is 1.47. The summed E-state index contributed by atoms with van der Waals surface area (Å²) in [4.78, 5) is 11.4. The molecular weight excluding hydrogens is 196 g/mol. The number of methoxy groups -OCH3 is 1. The van der Waals surface area contributed by atoms with Crippen LogP contribution in [0, 0.1) is 5.92 Å². The van der Waals surface area contributed by atoms with Gasteiger partial charge in [0.05, 0.1) is 13.2 Å². The minimum atomic E-state index is -1.60. The second-order valence-corrected chi connectivity index (χ2v) is 3.66. The molecule has 0 spiro atoms. The molecule has 4 nitrogen and oxygen atoms in total. The Morgan fingerprint density at radius 3 is 2.67 bits per heavy atom. The minimum absolute atomic E-state index is 0.182. The molecule has 0 saturated carbocycles. The van der Waals surface area contributed by atoms with E-state index in [0.29, 0.717) is 0 Å². The van der Waals surface area contributed by atoms with Crippen LogP contribution in [0.25, 0.3) is 0 Å². The number of allylic oxidation sites excluding steroid dienone is 2. The summed E-state index contributed by atoms with van der Waals surface area (Å²) in [5.74, 6) is -2.93. The van der Waals surface area contributed by atoms with Gasteiger partial charge < -0.3 is 14.6 Å². The Morgan fingerprint density at radius 1 is 1.47 bits per heavy atom. The van der Waals surface area contributed by atoms with Crippen molar-refractivity contribution in [1.29, 1.82) is 0 Å². The summed E-state index contributed by atoms with van der Waals surface area (Å²) in [6.07, 6.45) is 6.16. The highest BCUT2D eigenvalue weighted by Gasteiger charge is 2.41. The Labute approximate surface area is 89.2 Å². The third-order valence-electron chi connectivity index (χ3n) is 2.07. The number of esters is 1. The van der Waals surface area contributed by atoms with E-state index in [-0.39, 0.29) is 6.10 Å². The van der Waals surface area contributed by atoms with E-state index in [2.05, 4.69) is 4.74 Å². The molecule has 15 heavy (non-hydrogen) atoms. The van der Waals surface area contributed by atoms with Crippen molar-refractivity contribution in [3.8, 4) is 0 Å². The van der Waals surface area contributed by atoms with Crippen LogP contribution in [0.3, 0.4) is 0 Å². The number of carbonyl (C=O) groups is 1. The first-order valence-electron chi connectivity index (χ1n) is 4.83. The van der Waals surface area contributed by atoms with Crippen LogP contribution in [-0.4, -0.2) is 30.1 Å².